The molecule has 3 rings (SSSR count). The second kappa shape index (κ2) is 3.23. The lowest BCUT2D eigenvalue weighted by atomic mass is 10.2. The number of primary amides is 1. The first-order valence-corrected chi connectivity index (χ1v) is 5.12. The molecule has 0 saturated carbocycles. The Hall–Kier alpha value is -2.04. The summed E-state index contributed by atoms with van der Waals surface area (Å²) >= 11 is 0. The molecule has 0 spiro atoms. The van der Waals surface area contributed by atoms with Crippen molar-refractivity contribution >= 4 is 23.0 Å². The van der Waals surface area contributed by atoms with Crippen LogP contribution in [-0.4, -0.2) is 24.0 Å². The molecule has 81 valence electrons. The molecule has 1 aliphatic rings. The lowest BCUT2D eigenvalue weighted by Crippen LogP contribution is -2.37. The van der Waals surface area contributed by atoms with E-state index in [2.05, 4.69) is 11.1 Å². The van der Waals surface area contributed by atoms with Crippen molar-refractivity contribution < 1.29 is 9.21 Å². The van der Waals surface area contributed by atoms with Crippen molar-refractivity contribution in [2.75, 3.05) is 18.0 Å². The van der Waals surface area contributed by atoms with Crippen LogP contribution in [-0.2, 0) is 0 Å². The van der Waals surface area contributed by atoms with Gasteiger partial charge in [0.05, 0.1) is 5.56 Å². The summed E-state index contributed by atoms with van der Waals surface area (Å²) in [6.45, 7) is 1.89. The van der Waals surface area contributed by atoms with Crippen LogP contribution in [0.25, 0.3) is 11.1 Å². The number of nitrogens with two attached hydrogens (primary N) is 1. The minimum atomic E-state index is -0.533. The van der Waals surface area contributed by atoms with Crippen LogP contribution in [0, 0.1) is 6.07 Å². The molecule has 0 bridgehead atoms. The molecular formula is C11H10N3O2. The molecule has 2 N–H and O–H groups in total. The molecule has 5 heteroatoms. The second-order valence-electron chi connectivity index (χ2n) is 3.77. The number of rotatable bonds is 2. The number of hydrogen-bond donors (Lipinski definition) is 1. The summed E-state index contributed by atoms with van der Waals surface area (Å²) in [6, 6.07) is 6.69. The monoisotopic (exact) mass is 216 g/mol. The Balaban J connectivity index is 2.15. The fourth-order valence-corrected chi connectivity index (χ4v) is 1.71. The van der Waals surface area contributed by atoms with Crippen LogP contribution >= 0.6 is 0 Å². The van der Waals surface area contributed by atoms with Crippen molar-refractivity contribution in [3.8, 4) is 0 Å². The highest BCUT2D eigenvalue weighted by atomic mass is 16.4. The first-order valence-electron chi connectivity index (χ1n) is 5.12. The zero-order valence-electron chi connectivity index (χ0n) is 8.56. The van der Waals surface area contributed by atoms with Gasteiger partial charge in [0, 0.05) is 13.1 Å². The molecule has 0 atom stereocenters. The van der Waals surface area contributed by atoms with E-state index in [0.29, 0.717) is 17.1 Å². The highest BCUT2D eigenvalue weighted by Crippen LogP contribution is 2.26. The van der Waals surface area contributed by atoms with Gasteiger partial charge in [0.15, 0.2) is 5.58 Å². The highest BCUT2D eigenvalue weighted by molar-refractivity contribution is 6.03. The van der Waals surface area contributed by atoms with E-state index in [0.717, 1.165) is 19.5 Å². The summed E-state index contributed by atoms with van der Waals surface area (Å²) in [5, 5.41) is 0. The van der Waals surface area contributed by atoms with Crippen molar-refractivity contribution in [3.05, 3.63) is 23.8 Å². The Morgan fingerprint density at radius 3 is 3.00 bits per heavy atom. The van der Waals surface area contributed by atoms with E-state index >= 15 is 0 Å². The molecule has 5 nitrogen and oxygen atoms in total. The van der Waals surface area contributed by atoms with Crippen molar-refractivity contribution in [2.45, 2.75) is 6.42 Å². The number of hydrogen-bond acceptors (Lipinski definition) is 4. The van der Waals surface area contributed by atoms with Gasteiger partial charge in [-0.1, -0.05) is 0 Å². The summed E-state index contributed by atoms with van der Waals surface area (Å²) in [6.07, 6.45) is 1.15. The number of fused-ring (bicyclic) bond motifs is 1. The van der Waals surface area contributed by atoms with Crippen LogP contribution in [0.5, 0.6) is 0 Å². The van der Waals surface area contributed by atoms with Gasteiger partial charge in [-0.3, -0.25) is 4.79 Å². The summed E-state index contributed by atoms with van der Waals surface area (Å²) in [5.41, 5.74) is 6.61. The van der Waals surface area contributed by atoms with Gasteiger partial charge in [0.2, 0.25) is 0 Å². The third kappa shape index (κ3) is 1.25. The maximum absolute atomic E-state index is 11.2. The largest absolute Gasteiger partial charge is 0.423 e. The van der Waals surface area contributed by atoms with Crippen LogP contribution in [0.4, 0.5) is 6.01 Å². The van der Waals surface area contributed by atoms with E-state index in [1.807, 2.05) is 4.90 Å². The van der Waals surface area contributed by atoms with Crippen molar-refractivity contribution in [3.63, 3.8) is 0 Å². The van der Waals surface area contributed by atoms with Crippen LogP contribution in [0.3, 0.4) is 0 Å². The number of amides is 1. The van der Waals surface area contributed by atoms with E-state index in [9.17, 15) is 4.79 Å². The first kappa shape index (κ1) is 9.21. The molecule has 1 aromatic heterocycles. The fraction of sp³-hybridized carbons (Fsp3) is 0.273. The Morgan fingerprint density at radius 1 is 1.56 bits per heavy atom. The predicted octanol–water partition coefficient (Wildman–Crippen LogP) is 0.937. The average Bonchev–Trinajstić information content (AvgIpc) is 2.56. The molecule has 1 radical (unpaired) electrons. The number of benzene rings is 1. The van der Waals surface area contributed by atoms with Crippen molar-refractivity contribution in [1.29, 1.82) is 0 Å². The highest BCUT2D eigenvalue weighted by Gasteiger charge is 2.21. The Kier molecular flexibility index (Phi) is 1.86. The smallest absolute Gasteiger partial charge is 0.298 e. The van der Waals surface area contributed by atoms with E-state index < -0.39 is 5.91 Å². The van der Waals surface area contributed by atoms with Gasteiger partial charge in [-0.2, -0.15) is 4.98 Å². The molecule has 16 heavy (non-hydrogen) atoms. The van der Waals surface area contributed by atoms with Crippen molar-refractivity contribution in [2.24, 2.45) is 5.73 Å². The second-order valence-corrected chi connectivity index (χ2v) is 3.77. The number of nitrogens with zero attached hydrogens (tertiary/aromatic N) is 2. The molecular weight excluding hydrogens is 206 g/mol. The Bertz CT molecular complexity index is 557. The molecule has 0 aliphatic carbocycles. The molecule has 1 saturated heterocycles. The number of oxazole rings is 1. The van der Waals surface area contributed by atoms with Gasteiger partial charge in [-0.25, -0.2) is 0 Å². The van der Waals surface area contributed by atoms with Crippen LogP contribution in [0.15, 0.2) is 16.5 Å². The number of aromatic nitrogens is 1. The zero-order chi connectivity index (χ0) is 11.1. The topological polar surface area (TPSA) is 72.4 Å². The summed E-state index contributed by atoms with van der Waals surface area (Å²) in [5.74, 6) is -0.533. The number of carbonyl (C=O) groups is 1. The first-order chi connectivity index (χ1) is 7.75. The molecule has 2 heterocycles. The van der Waals surface area contributed by atoms with Gasteiger partial charge >= 0.3 is 0 Å². The number of anilines is 1. The average molecular weight is 216 g/mol. The molecule has 1 aromatic carbocycles. The summed E-state index contributed by atoms with van der Waals surface area (Å²) in [4.78, 5) is 17.5. The third-order valence-corrected chi connectivity index (χ3v) is 2.71. The molecule has 2 aromatic rings. The van der Waals surface area contributed by atoms with Crippen LogP contribution in [0.1, 0.15) is 16.8 Å². The SMILES string of the molecule is NC(=O)c1[c]ccc2oc(N3CCC3)nc12. The standard InChI is InChI=1S/C11H10N3O2/c12-10(15)7-3-1-4-8-9(7)13-11(16-8)14-5-2-6-14/h1,4H,2,5-6H2,(H2,12,15). The molecule has 1 amide bonds. The van der Waals surface area contributed by atoms with Crippen LogP contribution in [0.2, 0.25) is 0 Å². The minimum Gasteiger partial charge on any atom is -0.423 e. The van der Waals surface area contributed by atoms with Crippen LogP contribution < -0.4 is 10.6 Å². The fourth-order valence-electron chi connectivity index (χ4n) is 1.71. The zero-order valence-corrected chi connectivity index (χ0v) is 8.56. The van der Waals surface area contributed by atoms with Gasteiger partial charge in [0.25, 0.3) is 11.9 Å². The number of carbonyl (C=O) groups excluding carboxylic acids is 1. The lowest BCUT2D eigenvalue weighted by molar-refractivity contribution is 0.100. The van der Waals surface area contributed by atoms with Gasteiger partial charge in [-0.15, -0.1) is 0 Å². The van der Waals surface area contributed by atoms with Gasteiger partial charge < -0.3 is 15.1 Å². The molecule has 1 aliphatic heterocycles. The van der Waals surface area contributed by atoms with E-state index in [-0.39, 0.29) is 5.56 Å². The van der Waals surface area contributed by atoms with E-state index in [4.69, 9.17) is 10.2 Å². The Labute approximate surface area is 91.8 Å². The van der Waals surface area contributed by atoms with E-state index in [1.54, 1.807) is 12.1 Å². The minimum absolute atomic E-state index is 0.285. The van der Waals surface area contributed by atoms with E-state index in [1.165, 1.54) is 0 Å². The van der Waals surface area contributed by atoms with Crippen molar-refractivity contribution in [1.82, 2.24) is 4.98 Å². The maximum Gasteiger partial charge on any atom is 0.298 e. The summed E-state index contributed by atoms with van der Waals surface area (Å²) in [7, 11) is 0. The van der Waals surface area contributed by atoms with Gasteiger partial charge in [-0.05, 0) is 24.6 Å². The predicted molar refractivity (Wildman–Crippen MR) is 58.2 cm³/mol. The normalized spacial score (nSPS) is 15.1. The third-order valence-electron chi connectivity index (χ3n) is 2.71. The molecule has 0 unspecified atom stereocenters. The maximum atomic E-state index is 11.2. The lowest BCUT2D eigenvalue weighted by Gasteiger charge is -2.28. The van der Waals surface area contributed by atoms with Gasteiger partial charge in [0.1, 0.15) is 5.52 Å². The quantitative estimate of drug-likeness (QED) is 0.810. The molecule has 1 fully saturated rings. The summed E-state index contributed by atoms with van der Waals surface area (Å²) < 4.78 is 5.55. The Morgan fingerprint density at radius 2 is 2.38 bits per heavy atom.